The van der Waals surface area contributed by atoms with Crippen LogP contribution in [0.4, 0.5) is 0 Å². The number of fused-ring (bicyclic) bond motifs is 3. The second-order valence-electron chi connectivity index (χ2n) is 16.5. The zero-order chi connectivity index (χ0) is 43.7. The molecule has 2 saturated carbocycles. The quantitative estimate of drug-likeness (QED) is 0.127. The van der Waals surface area contributed by atoms with Crippen LogP contribution in [0.1, 0.15) is 93.1 Å². The zero-order valence-electron chi connectivity index (χ0n) is 34.3. The minimum atomic E-state index is -2.33. The summed E-state index contributed by atoms with van der Waals surface area (Å²) in [7, 11) is 0. The third-order valence-electron chi connectivity index (χ3n) is 12.6. The smallest absolute Gasteiger partial charge is 0.338 e. The fourth-order valence-electron chi connectivity index (χ4n) is 9.40. The van der Waals surface area contributed by atoms with Crippen LogP contribution in [0.15, 0.2) is 102 Å². The van der Waals surface area contributed by atoms with Gasteiger partial charge in [0.15, 0.2) is 18.0 Å². The van der Waals surface area contributed by atoms with E-state index in [9.17, 15) is 39.3 Å². The van der Waals surface area contributed by atoms with Gasteiger partial charge in [-0.15, -0.1) is 0 Å². The summed E-state index contributed by atoms with van der Waals surface area (Å²) in [5.74, 6) is -6.59. The molecular weight excluding hydrogens is 774 g/mol. The molecule has 0 aromatic heterocycles. The summed E-state index contributed by atoms with van der Waals surface area (Å²) >= 11 is 0. The second-order valence-corrected chi connectivity index (χ2v) is 16.5. The monoisotopic (exact) mass is 825 g/mol. The molecule has 14 heteroatoms. The van der Waals surface area contributed by atoms with Crippen LogP contribution in [-0.2, 0) is 38.1 Å². The van der Waals surface area contributed by atoms with Crippen LogP contribution in [0, 0.1) is 16.7 Å². The highest BCUT2D eigenvalue weighted by Crippen LogP contribution is 2.60. The van der Waals surface area contributed by atoms with Crippen molar-refractivity contribution in [2.24, 2.45) is 16.7 Å². The van der Waals surface area contributed by atoms with Gasteiger partial charge in [-0.2, -0.15) is 0 Å². The first-order valence-corrected chi connectivity index (χ1v) is 19.9. The van der Waals surface area contributed by atoms with Crippen LogP contribution in [0.2, 0.25) is 0 Å². The minimum Gasteiger partial charge on any atom is -0.462 e. The summed E-state index contributed by atoms with van der Waals surface area (Å²) < 4.78 is 24.0. The molecule has 4 N–H and O–H groups in total. The van der Waals surface area contributed by atoms with Crippen molar-refractivity contribution in [1.82, 2.24) is 5.32 Å². The van der Waals surface area contributed by atoms with Crippen molar-refractivity contribution in [2.75, 3.05) is 0 Å². The number of ether oxygens (including phenoxy) is 4. The van der Waals surface area contributed by atoms with Crippen LogP contribution >= 0.6 is 0 Å². The van der Waals surface area contributed by atoms with E-state index in [2.05, 4.69) is 5.32 Å². The number of amides is 1. The van der Waals surface area contributed by atoms with Crippen LogP contribution in [0.5, 0.6) is 0 Å². The number of carbonyl (C=O) groups excluding carboxylic acids is 6. The van der Waals surface area contributed by atoms with E-state index in [1.807, 2.05) is 0 Å². The number of ketones is 1. The number of carbonyl (C=O) groups is 6. The second kappa shape index (κ2) is 17.1. The molecule has 3 aromatic rings. The first-order chi connectivity index (χ1) is 28.3. The topological polar surface area (TPSA) is 212 Å². The van der Waals surface area contributed by atoms with E-state index in [4.69, 9.17) is 18.9 Å². The molecule has 6 rings (SSSR count). The first-order valence-electron chi connectivity index (χ1n) is 19.9. The van der Waals surface area contributed by atoms with E-state index in [1.165, 1.54) is 26.0 Å². The molecular formula is C46H51NO13. The Morgan fingerprint density at radius 1 is 0.767 bits per heavy atom. The Balaban J connectivity index is 1.50. The Labute approximate surface area is 347 Å². The summed E-state index contributed by atoms with van der Waals surface area (Å²) in [5.41, 5.74) is -4.99. The fourth-order valence-corrected chi connectivity index (χ4v) is 9.40. The Bertz CT molecular complexity index is 2160. The average Bonchev–Trinajstić information content (AvgIpc) is 3.22. The number of nitrogens with one attached hydrogen (secondary N) is 1. The standard InChI is InChI=1S/C46H51NO13/c1-25-32(59-43(55)37(51)36(28-16-10-7-11-17-28)47-41(53)29-18-12-8-13-19-29)24-46(56)40(60-42(54)30-20-14-9-15-21-30)35-31(57-26(2)48)22-23-33(50)45(35,6)39(52)38(58-27(3)49)34(25)44(46,4)5/h7-21,31-33,35-38,40,50-51,56H,22-24H2,1-6H3,(H,47,53)/t31?,32-,33-,35-,36-,37+,38+,40-,45+,46+/m0/s1. The number of hydrogen-bond acceptors (Lipinski definition) is 13. The van der Waals surface area contributed by atoms with E-state index in [0.29, 0.717) is 5.56 Å². The minimum absolute atomic E-state index is 0.00428. The third-order valence-corrected chi connectivity index (χ3v) is 12.6. The van der Waals surface area contributed by atoms with E-state index in [0.717, 1.165) is 13.8 Å². The fraction of sp³-hybridized carbons (Fsp3) is 0.435. The van der Waals surface area contributed by atoms with Crippen molar-refractivity contribution in [1.29, 1.82) is 0 Å². The lowest BCUT2D eigenvalue weighted by Gasteiger charge is -2.61. The largest absolute Gasteiger partial charge is 0.462 e. The van der Waals surface area contributed by atoms with Crippen molar-refractivity contribution in [3.63, 3.8) is 0 Å². The molecule has 2 bridgehead atoms. The number of Topliss-reactive ketones (excluding diaryl/α,β-unsaturated/α-hetero) is 1. The van der Waals surface area contributed by atoms with E-state index in [-0.39, 0.29) is 35.1 Å². The molecule has 10 atom stereocenters. The maximum absolute atomic E-state index is 15.3. The van der Waals surface area contributed by atoms with Crippen LogP contribution in [0.3, 0.4) is 0 Å². The zero-order valence-corrected chi connectivity index (χ0v) is 34.3. The van der Waals surface area contributed by atoms with Gasteiger partial charge in [-0.3, -0.25) is 19.2 Å². The highest BCUT2D eigenvalue weighted by Gasteiger charge is 2.71. The molecule has 3 aromatic carbocycles. The Morgan fingerprint density at radius 3 is 1.88 bits per heavy atom. The van der Waals surface area contributed by atoms with Crippen molar-refractivity contribution >= 4 is 35.6 Å². The molecule has 0 spiro atoms. The van der Waals surface area contributed by atoms with Gasteiger partial charge in [0.2, 0.25) is 0 Å². The number of esters is 4. The number of hydrogen-bond donors (Lipinski definition) is 4. The normalized spacial score (nSPS) is 29.3. The number of benzene rings is 3. The highest BCUT2D eigenvalue weighted by atomic mass is 16.6. The maximum atomic E-state index is 15.3. The predicted molar refractivity (Wildman–Crippen MR) is 214 cm³/mol. The van der Waals surface area contributed by atoms with Crippen molar-refractivity contribution in [3.8, 4) is 0 Å². The van der Waals surface area contributed by atoms with Crippen molar-refractivity contribution in [3.05, 3.63) is 119 Å². The molecule has 3 aliphatic carbocycles. The van der Waals surface area contributed by atoms with Gasteiger partial charge in [-0.25, -0.2) is 9.59 Å². The van der Waals surface area contributed by atoms with Gasteiger partial charge < -0.3 is 39.6 Å². The van der Waals surface area contributed by atoms with Crippen LogP contribution in [-0.4, -0.2) is 93.1 Å². The number of rotatable bonds is 10. The summed E-state index contributed by atoms with van der Waals surface area (Å²) in [4.78, 5) is 82.5. The van der Waals surface area contributed by atoms with Gasteiger partial charge in [0.25, 0.3) is 5.91 Å². The van der Waals surface area contributed by atoms with E-state index < -0.39 is 107 Å². The maximum Gasteiger partial charge on any atom is 0.338 e. The van der Waals surface area contributed by atoms with Gasteiger partial charge in [0.05, 0.1) is 29.0 Å². The van der Waals surface area contributed by atoms with Crippen molar-refractivity contribution in [2.45, 2.75) is 109 Å². The summed E-state index contributed by atoms with van der Waals surface area (Å²) in [5, 5.41) is 39.8. The SMILES string of the molecule is CC(=O)OC1CC[C@H](O)[C@@]2(C)C(=O)[C@H](OC(C)=O)C3=C(C)[C@@H](OC(=O)[C@H](O)[C@@H](NC(=O)c4ccccc4)c4ccccc4)C[C@@](O)([C@@H](OC(=O)c4ccccc4)[C@H]12)C3(C)C. The molecule has 2 fully saturated rings. The van der Waals surface area contributed by atoms with Crippen molar-refractivity contribution < 1.29 is 63.0 Å². The molecule has 0 radical (unpaired) electrons. The number of aliphatic hydroxyl groups is 3. The Kier molecular flexibility index (Phi) is 12.5. The summed E-state index contributed by atoms with van der Waals surface area (Å²) in [6.07, 6.45) is -10.2. The third kappa shape index (κ3) is 7.98. The summed E-state index contributed by atoms with van der Waals surface area (Å²) in [6.45, 7) is 8.33. The lowest BCUT2D eigenvalue weighted by atomic mass is 9.48. The molecule has 0 heterocycles. The molecule has 0 aliphatic heterocycles. The van der Waals surface area contributed by atoms with Crippen LogP contribution < -0.4 is 5.32 Å². The molecule has 3 aliphatic rings. The highest BCUT2D eigenvalue weighted by molar-refractivity contribution is 5.96. The number of aliphatic hydroxyl groups excluding tert-OH is 2. The van der Waals surface area contributed by atoms with Gasteiger partial charge in [-0.1, -0.05) is 80.6 Å². The van der Waals surface area contributed by atoms with Crippen LogP contribution in [0.25, 0.3) is 0 Å². The van der Waals surface area contributed by atoms with Gasteiger partial charge >= 0.3 is 23.9 Å². The average molecular weight is 826 g/mol. The molecule has 14 nitrogen and oxygen atoms in total. The predicted octanol–water partition coefficient (Wildman–Crippen LogP) is 4.36. The Morgan fingerprint density at radius 2 is 1.32 bits per heavy atom. The van der Waals surface area contributed by atoms with Gasteiger partial charge in [0.1, 0.15) is 23.9 Å². The first kappa shape index (κ1) is 43.9. The van der Waals surface area contributed by atoms with Gasteiger partial charge in [-0.05, 0) is 67.7 Å². The molecule has 0 saturated heterocycles. The van der Waals surface area contributed by atoms with Gasteiger partial charge in [0, 0.05) is 31.2 Å². The Hall–Kier alpha value is -5.70. The molecule has 1 unspecified atom stereocenters. The molecule has 1 amide bonds. The van der Waals surface area contributed by atoms with E-state index >= 15 is 4.79 Å². The molecule has 60 heavy (non-hydrogen) atoms. The molecule has 318 valence electrons. The summed E-state index contributed by atoms with van der Waals surface area (Å²) in [6, 6.07) is 23.0. The lowest BCUT2D eigenvalue weighted by Crippen LogP contribution is -2.73. The lowest BCUT2D eigenvalue weighted by molar-refractivity contribution is -0.242. The van der Waals surface area contributed by atoms with E-state index in [1.54, 1.807) is 92.7 Å².